The Bertz CT molecular complexity index is 991. The van der Waals surface area contributed by atoms with E-state index in [-0.39, 0.29) is 11.6 Å². The number of carbonyl (C=O) groups excluding carboxylic acids is 1. The molecule has 1 saturated heterocycles. The van der Waals surface area contributed by atoms with E-state index in [0.717, 1.165) is 4.88 Å². The standard InChI is InChI=1S/C17H17ClN6O2S/c18-13-4-1-2-5-14(13)24-17(26)23(19-20-24)12-21-7-9-22(10-8-21)16(25)15-6-3-11-27-15/h1-6,11H,7-10,12H2. The molecule has 1 aliphatic heterocycles. The number of carbonyl (C=O) groups is 1. The van der Waals surface area contributed by atoms with Crippen LogP contribution in [0.15, 0.2) is 46.6 Å². The van der Waals surface area contributed by atoms with Crippen LogP contribution in [-0.4, -0.2) is 61.7 Å². The molecule has 8 nitrogen and oxygen atoms in total. The highest BCUT2D eigenvalue weighted by molar-refractivity contribution is 7.12. The van der Waals surface area contributed by atoms with E-state index in [1.807, 2.05) is 22.4 Å². The van der Waals surface area contributed by atoms with E-state index in [2.05, 4.69) is 15.3 Å². The molecule has 140 valence electrons. The van der Waals surface area contributed by atoms with Gasteiger partial charge in [-0.15, -0.1) is 11.3 Å². The molecular weight excluding hydrogens is 388 g/mol. The highest BCUT2D eigenvalue weighted by Crippen LogP contribution is 2.17. The van der Waals surface area contributed by atoms with Crippen molar-refractivity contribution in [2.45, 2.75) is 6.67 Å². The number of hydrogen-bond donors (Lipinski definition) is 0. The molecule has 0 atom stereocenters. The van der Waals surface area contributed by atoms with Crippen molar-refractivity contribution in [3.8, 4) is 5.69 Å². The van der Waals surface area contributed by atoms with E-state index >= 15 is 0 Å². The van der Waals surface area contributed by atoms with Gasteiger partial charge in [0, 0.05) is 26.2 Å². The van der Waals surface area contributed by atoms with Gasteiger partial charge in [0.05, 0.1) is 15.6 Å². The highest BCUT2D eigenvalue weighted by atomic mass is 35.5. The number of halogens is 1. The maximum absolute atomic E-state index is 12.6. The molecule has 0 aliphatic carbocycles. The number of rotatable bonds is 4. The van der Waals surface area contributed by atoms with Gasteiger partial charge < -0.3 is 4.90 Å². The van der Waals surface area contributed by atoms with Gasteiger partial charge in [-0.1, -0.05) is 29.8 Å². The summed E-state index contributed by atoms with van der Waals surface area (Å²) in [5.74, 6) is 0.0616. The lowest BCUT2D eigenvalue weighted by Gasteiger charge is -2.33. The Labute approximate surface area is 164 Å². The number of nitrogens with zero attached hydrogens (tertiary/aromatic N) is 6. The minimum atomic E-state index is -0.347. The molecule has 1 amide bonds. The molecule has 10 heteroatoms. The van der Waals surface area contributed by atoms with Crippen molar-refractivity contribution in [2.24, 2.45) is 0 Å². The van der Waals surface area contributed by atoms with Gasteiger partial charge in [-0.05, 0) is 34.0 Å². The second-order valence-corrected chi connectivity index (χ2v) is 7.51. The SMILES string of the molecule is O=C(c1cccs1)N1CCN(Cn2nnn(-c3ccccc3Cl)c2=O)CC1. The Kier molecular flexibility index (Phi) is 5.06. The maximum atomic E-state index is 12.6. The van der Waals surface area contributed by atoms with Crippen molar-refractivity contribution in [1.29, 1.82) is 0 Å². The van der Waals surface area contributed by atoms with Crippen LogP contribution in [0.2, 0.25) is 5.02 Å². The van der Waals surface area contributed by atoms with Crippen LogP contribution >= 0.6 is 22.9 Å². The smallest absolute Gasteiger partial charge is 0.335 e. The quantitative estimate of drug-likeness (QED) is 0.659. The van der Waals surface area contributed by atoms with Crippen LogP contribution in [-0.2, 0) is 6.67 Å². The summed E-state index contributed by atoms with van der Waals surface area (Å²) in [6.45, 7) is 2.89. The van der Waals surface area contributed by atoms with Gasteiger partial charge in [-0.3, -0.25) is 9.69 Å². The number of thiophene rings is 1. The molecule has 1 aromatic carbocycles. The van der Waals surface area contributed by atoms with E-state index in [1.54, 1.807) is 24.3 Å². The van der Waals surface area contributed by atoms with Gasteiger partial charge in [0.1, 0.15) is 6.67 Å². The Morgan fingerprint density at radius 1 is 1.07 bits per heavy atom. The fraction of sp³-hybridized carbons (Fsp3) is 0.294. The van der Waals surface area contributed by atoms with E-state index in [1.165, 1.54) is 20.7 Å². The van der Waals surface area contributed by atoms with Crippen molar-refractivity contribution in [1.82, 2.24) is 29.6 Å². The molecular formula is C17H17ClN6O2S. The molecule has 3 aromatic rings. The Morgan fingerprint density at radius 2 is 1.85 bits per heavy atom. The molecule has 0 bridgehead atoms. The zero-order valence-electron chi connectivity index (χ0n) is 14.4. The average molecular weight is 405 g/mol. The van der Waals surface area contributed by atoms with Gasteiger partial charge in [-0.2, -0.15) is 9.36 Å². The van der Waals surface area contributed by atoms with Gasteiger partial charge in [0.2, 0.25) is 0 Å². The summed E-state index contributed by atoms with van der Waals surface area (Å²) in [5.41, 5.74) is 0.155. The lowest BCUT2D eigenvalue weighted by molar-refractivity contribution is 0.0587. The van der Waals surface area contributed by atoms with Crippen LogP contribution in [0, 0.1) is 0 Å². The first-order chi connectivity index (χ1) is 13.1. The van der Waals surface area contributed by atoms with E-state index < -0.39 is 0 Å². The van der Waals surface area contributed by atoms with E-state index in [9.17, 15) is 9.59 Å². The zero-order valence-corrected chi connectivity index (χ0v) is 15.9. The Morgan fingerprint density at radius 3 is 2.56 bits per heavy atom. The zero-order chi connectivity index (χ0) is 18.8. The second-order valence-electron chi connectivity index (χ2n) is 6.15. The first kappa shape index (κ1) is 17.9. The summed E-state index contributed by atoms with van der Waals surface area (Å²) in [7, 11) is 0. The molecule has 1 fully saturated rings. The number of piperazine rings is 1. The number of hydrogen-bond acceptors (Lipinski definition) is 6. The van der Waals surface area contributed by atoms with Crippen LogP contribution < -0.4 is 5.69 Å². The molecule has 27 heavy (non-hydrogen) atoms. The predicted octanol–water partition coefficient (Wildman–Crippen LogP) is 1.56. The summed E-state index contributed by atoms with van der Waals surface area (Å²) >= 11 is 7.59. The largest absolute Gasteiger partial charge is 0.369 e. The third kappa shape index (κ3) is 3.66. The number of tetrazole rings is 1. The maximum Gasteiger partial charge on any atom is 0.369 e. The van der Waals surface area contributed by atoms with E-state index in [4.69, 9.17) is 11.6 Å². The molecule has 2 aromatic heterocycles. The normalized spacial score (nSPS) is 15.2. The molecule has 0 N–H and O–H groups in total. The van der Waals surface area contributed by atoms with Crippen molar-refractivity contribution in [3.63, 3.8) is 0 Å². The topological polar surface area (TPSA) is 76.3 Å². The summed E-state index contributed by atoms with van der Waals surface area (Å²) in [5, 5.41) is 10.2. The third-order valence-electron chi connectivity index (χ3n) is 4.45. The Hall–Kier alpha value is -2.49. The molecule has 0 unspecified atom stereocenters. The molecule has 0 saturated carbocycles. The predicted molar refractivity (Wildman–Crippen MR) is 102 cm³/mol. The van der Waals surface area contributed by atoms with Crippen molar-refractivity contribution >= 4 is 28.8 Å². The lowest BCUT2D eigenvalue weighted by Crippen LogP contribution is -2.49. The monoisotopic (exact) mass is 404 g/mol. The van der Waals surface area contributed by atoms with Gasteiger partial charge in [-0.25, -0.2) is 4.79 Å². The van der Waals surface area contributed by atoms with Gasteiger partial charge >= 0.3 is 5.69 Å². The van der Waals surface area contributed by atoms with Crippen LogP contribution in [0.3, 0.4) is 0 Å². The van der Waals surface area contributed by atoms with Crippen LogP contribution in [0.5, 0.6) is 0 Å². The summed E-state index contributed by atoms with van der Waals surface area (Å²) in [4.78, 5) is 29.6. The van der Waals surface area contributed by atoms with E-state index in [0.29, 0.717) is 43.6 Å². The molecule has 3 heterocycles. The fourth-order valence-corrected chi connectivity index (χ4v) is 3.88. The Balaban J connectivity index is 1.41. The second kappa shape index (κ2) is 7.63. The van der Waals surface area contributed by atoms with Crippen molar-refractivity contribution in [2.75, 3.05) is 26.2 Å². The first-order valence-corrected chi connectivity index (χ1v) is 9.72. The van der Waals surface area contributed by atoms with Gasteiger partial charge in [0.15, 0.2) is 0 Å². The molecule has 0 spiro atoms. The fourth-order valence-electron chi connectivity index (χ4n) is 2.98. The van der Waals surface area contributed by atoms with Crippen molar-refractivity contribution in [3.05, 3.63) is 62.2 Å². The van der Waals surface area contributed by atoms with Crippen LogP contribution in [0.1, 0.15) is 9.67 Å². The number of amides is 1. The van der Waals surface area contributed by atoms with Gasteiger partial charge in [0.25, 0.3) is 5.91 Å². The molecule has 1 aliphatic rings. The minimum Gasteiger partial charge on any atom is -0.335 e. The van der Waals surface area contributed by atoms with Crippen LogP contribution in [0.4, 0.5) is 0 Å². The molecule has 4 rings (SSSR count). The van der Waals surface area contributed by atoms with Crippen molar-refractivity contribution < 1.29 is 4.79 Å². The first-order valence-electron chi connectivity index (χ1n) is 8.46. The summed E-state index contributed by atoms with van der Waals surface area (Å²) < 4.78 is 2.50. The number of para-hydroxylation sites is 1. The average Bonchev–Trinajstić information content (AvgIpc) is 3.34. The summed E-state index contributed by atoms with van der Waals surface area (Å²) in [6, 6.07) is 10.7. The number of aromatic nitrogens is 4. The minimum absolute atomic E-state index is 0.0616. The lowest BCUT2D eigenvalue weighted by atomic mass is 10.3. The number of benzene rings is 1. The highest BCUT2D eigenvalue weighted by Gasteiger charge is 2.23. The molecule has 0 radical (unpaired) electrons. The van der Waals surface area contributed by atoms with Crippen LogP contribution in [0.25, 0.3) is 5.69 Å². The third-order valence-corrected chi connectivity index (χ3v) is 5.62. The summed E-state index contributed by atoms with van der Waals surface area (Å²) in [6.07, 6.45) is 0.